The fourth-order valence-corrected chi connectivity index (χ4v) is 2.77. The normalized spacial score (nSPS) is 11.0. The zero-order valence-electron chi connectivity index (χ0n) is 10.8. The van der Waals surface area contributed by atoms with Crippen LogP contribution in [0, 0.1) is 0 Å². The summed E-state index contributed by atoms with van der Waals surface area (Å²) in [7, 11) is -3.93. The second-order valence-electron chi connectivity index (χ2n) is 4.27. The lowest BCUT2D eigenvalue weighted by molar-refractivity contribution is 0.0997. The molecule has 21 heavy (non-hydrogen) atoms. The van der Waals surface area contributed by atoms with Crippen molar-refractivity contribution >= 4 is 27.3 Å². The van der Waals surface area contributed by atoms with Crippen LogP contribution < -0.4 is 16.2 Å². The lowest BCUT2D eigenvalue weighted by Crippen LogP contribution is -2.16. The highest BCUT2D eigenvalue weighted by Gasteiger charge is 2.18. The van der Waals surface area contributed by atoms with Gasteiger partial charge in [-0.15, -0.1) is 0 Å². The second-order valence-corrected chi connectivity index (χ2v) is 5.96. The predicted octanol–water partition coefficient (Wildman–Crippen LogP) is 0.874. The molecular formula is C13H13N3O4S. The minimum absolute atomic E-state index is 0.198. The molecule has 6 N–H and O–H groups in total. The van der Waals surface area contributed by atoms with Crippen molar-refractivity contribution in [3.63, 3.8) is 0 Å². The SMILES string of the molecule is NC(=O)c1cc(S(=O)(=O)Nc2cccc(N)c2)ccc1O. The molecule has 0 aliphatic carbocycles. The monoisotopic (exact) mass is 307 g/mol. The van der Waals surface area contributed by atoms with E-state index < -0.39 is 15.9 Å². The Kier molecular flexibility index (Phi) is 3.72. The molecule has 0 unspecified atom stereocenters. The molecule has 7 nitrogen and oxygen atoms in total. The van der Waals surface area contributed by atoms with E-state index in [2.05, 4.69) is 4.72 Å². The van der Waals surface area contributed by atoms with Crippen LogP contribution in [0.25, 0.3) is 0 Å². The molecular weight excluding hydrogens is 294 g/mol. The van der Waals surface area contributed by atoms with Crippen molar-refractivity contribution in [1.29, 1.82) is 0 Å². The third kappa shape index (κ3) is 3.23. The van der Waals surface area contributed by atoms with Gasteiger partial charge in [-0.3, -0.25) is 9.52 Å². The molecule has 110 valence electrons. The number of benzene rings is 2. The average Bonchev–Trinajstić information content (AvgIpc) is 2.38. The Labute approximate surface area is 121 Å². The number of rotatable bonds is 4. The van der Waals surface area contributed by atoms with Gasteiger partial charge in [0.15, 0.2) is 0 Å². The van der Waals surface area contributed by atoms with Crippen molar-refractivity contribution in [3.05, 3.63) is 48.0 Å². The minimum Gasteiger partial charge on any atom is -0.507 e. The number of carbonyl (C=O) groups is 1. The zero-order chi connectivity index (χ0) is 15.6. The zero-order valence-corrected chi connectivity index (χ0v) is 11.6. The van der Waals surface area contributed by atoms with Gasteiger partial charge in [-0.05, 0) is 36.4 Å². The molecule has 0 radical (unpaired) electrons. The number of amides is 1. The Balaban J connectivity index is 2.40. The van der Waals surface area contributed by atoms with Crippen LogP contribution in [0.3, 0.4) is 0 Å². The van der Waals surface area contributed by atoms with Gasteiger partial charge in [-0.25, -0.2) is 8.42 Å². The number of phenols is 1. The summed E-state index contributed by atoms with van der Waals surface area (Å²) in [6.45, 7) is 0. The Morgan fingerprint density at radius 1 is 1.14 bits per heavy atom. The molecule has 0 saturated carbocycles. The molecule has 0 aliphatic rings. The highest BCUT2D eigenvalue weighted by Crippen LogP contribution is 2.23. The first-order valence-corrected chi connectivity index (χ1v) is 7.29. The number of anilines is 2. The van der Waals surface area contributed by atoms with Crippen molar-refractivity contribution in [2.24, 2.45) is 5.73 Å². The first-order valence-electron chi connectivity index (χ1n) is 5.81. The quantitative estimate of drug-likeness (QED) is 0.621. The highest BCUT2D eigenvalue weighted by molar-refractivity contribution is 7.92. The van der Waals surface area contributed by atoms with Gasteiger partial charge in [0.1, 0.15) is 5.75 Å². The number of sulfonamides is 1. The molecule has 0 aliphatic heterocycles. The number of primary amides is 1. The van der Waals surface area contributed by atoms with Gasteiger partial charge in [0.2, 0.25) is 0 Å². The standard InChI is InChI=1S/C13H13N3O4S/c14-8-2-1-3-9(6-8)16-21(19,20)10-4-5-12(17)11(7-10)13(15)18/h1-7,16-17H,14H2,(H2,15,18). The van der Waals surface area contributed by atoms with Gasteiger partial charge >= 0.3 is 0 Å². The molecule has 1 amide bonds. The van der Waals surface area contributed by atoms with Crippen LogP contribution >= 0.6 is 0 Å². The molecule has 0 aromatic heterocycles. The number of hydrogen-bond donors (Lipinski definition) is 4. The number of hydrogen-bond acceptors (Lipinski definition) is 5. The van der Waals surface area contributed by atoms with E-state index in [9.17, 15) is 18.3 Å². The number of nitrogens with two attached hydrogens (primary N) is 2. The smallest absolute Gasteiger partial charge is 0.261 e. The van der Waals surface area contributed by atoms with Gasteiger partial charge in [0, 0.05) is 5.69 Å². The van der Waals surface area contributed by atoms with Gasteiger partial charge in [0.05, 0.1) is 16.1 Å². The Bertz CT molecular complexity index is 803. The number of aromatic hydroxyl groups is 1. The van der Waals surface area contributed by atoms with E-state index in [1.54, 1.807) is 12.1 Å². The van der Waals surface area contributed by atoms with Gasteiger partial charge in [0.25, 0.3) is 15.9 Å². The minimum atomic E-state index is -3.93. The number of nitrogen functional groups attached to an aromatic ring is 1. The maximum atomic E-state index is 12.2. The van der Waals surface area contributed by atoms with Crippen LogP contribution in [0.5, 0.6) is 5.75 Å². The molecule has 2 rings (SSSR count). The third-order valence-corrected chi connectivity index (χ3v) is 4.06. The van der Waals surface area contributed by atoms with Crippen LogP contribution in [0.1, 0.15) is 10.4 Å². The Morgan fingerprint density at radius 2 is 1.86 bits per heavy atom. The maximum absolute atomic E-state index is 12.2. The van der Waals surface area contributed by atoms with E-state index in [0.29, 0.717) is 5.69 Å². The summed E-state index contributed by atoms with van der Waals surface area (Å²) >= 11 is 0. The van der Waals surface area contributed by atoms with E-state index in [1.807, 2.05) is 0 Å². The van der Waals surface area contributed by atoms with Crippen LogP contribution in [-0.2, 0) is 10.0 Å². The predicted molar refractivity (Wildman–Crippen MR) is 78.3 cm³/mol. The number of nitrogens with one attached hydrogen (secondary N) is 1. The van der Waals surface area contributed by atoms with E-state index in [-0.39, 0.29) is 21.9 Å². The molecule has 2 aromatic rings. The van der Waals surface area contributed by atoms with Gasteiger partial charge in [-0.1, -0.05) is 6.07 Å². The van der Waals surface area contributed by atoms with Crippen molar-refractivity contribution in [2.75, 3.05) is 10.5 Å². The first kappa shape index (κ1) is 14.7. The van der Waals surface area contributed by atoms with E-state index >= 15 is 0 Å². The molecule has 0 saturated heterocycles. The summed E-state index contributed by atoms with van der Waals surface area (Å²) in [5.74, 6) is -1.31. The first-order chi connectivity index (χ1) is 9.79. The summed E-state index contributed by atoms with van der Waals surface area (Å²) in [5, 5.41) is 9.46. The topological polar surface area (TPSA) is 136 Å². The summed E-state index contributed by atoms with van der Waals surface area (Å²) in [6, 6.07) is 9.45. The molecule has 8 heteroatoms. The average molecular weight is 307 g/mol. The third-order valence-electron chi connectivity index (χ3n) is 2.68. The number of carbonyl (C=O) groups excluding carboxylic acids is 1. The van der Waals surface area contributed by atoms with Crippen LogP contribution in [-0.4, -0.2) is 19.4 Å². The van der Waals surface area contributed by atoms with Crippen molar-refractivity contribution in [3.8, 4) is 5.75 Å². The fraction of sp³-hybridized carbons (Fsp3) is 0. The van der Waals surface area contributed by atoms with Crippen LogP contribution in [0.2, 0.25) is 0 Å². The van der Waals surface area contributed by atoms with Crippen molar-refractivity contribution in [1.82, 2.24) is 0 Å². The van der Waals surface area contributed by atoms with Crippen molar-refractivity contribution in [2.45, 2.75) is 4.90 Å². The Hall–Kier alpha value is -2.74. The van der Waals surface area contributed by atoms with E-state index in [1.165, 1.54) is 12.1 Å². The lowest BCUT2D eigenvalue weighted by atomic mass is 10.2. The molecule has 0 heterocycles. The molecule has 0 fully saturated rings. The van der Waals surface area contributed by atoms with Crippen molar-refractivity contribution < 1.29 is 18.3 Å². The lowest BCUT2D eigenvalue weighted by Gasteiger charge is -2.10. The molecule has 0 bridgehead atoms. The maximum Gasteiger partial charge on any atom is 0.261 e. The largest absolute Gasteiger partial charge is 0.507 e. The van der Waals surface area contributed by atoms with E-state index in [0.717, 1.165) is 18.2 Å². The van der Waals surface area contributed by atoms with Gasteiger partial charge in [-0.2, -0.15) is 0 Å². The van der Waals surface area contributed by atoms with Crippen LogP contribution in [0.15, 0.2) is 47.4 Å². The molecule has 0 atom stereocenters. The van der Waals surface area contributed by atoms with E-state index in [4.69, 9.17) is 11.5 Å². The molecule has 2 aromatic carbocycles. The summed E-state index contributed by atoms with van der Waals surface area (Å²) < 4.78 is 26.7. The summed E-state index contributed by atoms with van der Waals surface area (Å²) in [4.78, 5) is 10.9. The Morgan fingerprint density at radius 3 is 2.48 bits per heavy atom. The van der Waals surface area contributed by atoms with Gasteiger partial charge < -0.3 is 16.6 Å². The second kappa shape index (κ2) is 5.33. The molecule has 0 spiro atoms. The highest BCUT2D eigenvalue weighted by atomic mass is 32.2. The van der Waals surface area contributed by atoms with Crippen LogP contribution in [0.4, 0.5) is 11.4 Å². The fourth-order valence-electron chi connectivity index (χ4n) is 1.70. The summed E-state index contributed by atoms with van der Waals surface area (Å²) in [5.41, 5.74) is 11.0. The summed E-state index contributed by atoms with van der Waals surface area (Å²) in [6.07, 6.45) is 0.